The molecule has 0 bridgehead atoms. The number of hydrogen-bond donors (Lipinski definition) is 0. The fourth-order valence-electron chi connectivity index (χ4n) is 8.34. The molecule has 0 saturated carbocycles. The van der Waals surface area contributed by atoms with Gasteiger partial charge in [0.25, 0.3) is 0 Å². The number of benzene rings is 9. The van der Waals surface area contributed by atoms with E-state index >= 15 is 0 Å². The van der Waals surface area contributed by atoms with E-state index in [9.17, 15) is 0 Å². The first-order valence-electron chi connectivity index (χ1n) is 16.6. The zero-order chi connectivity index (χ0) is 31.3. The molecule has 9 aromatic carbocycles. The maximum absolute atomic E-state index is 2.46. The molecule has 0 atom stereocenters. The Labute approximate surface area is 276 Å². The maximum atomic E-state index is 2.46. The highest BCUT2D eigenvalue weighted by Crippen LogP contribution is 2.43. The molecule has 2 aromatic heterocycles. The molecule has 0 fully saturated rings. The molecule has 0 aliphatic rings. The van der Waals surface area contributed by atoms with Crippen molar-refractivity contribution in [1.29, 1.82) is 0 Å². The van der Waals surface area contributed by atoms with E-state index in [1.165, 1.54) is 98.1 Å². The molecule has 48 heavy (non-hydrogen) atoms. The second-order valence-corrected chi connectivity index (χ2v) is 12.9. The van der Waals surface area contributed by atoms with Gasteiger partial charge in [-0.25, -0.2) is 0 Å². The van der Waals surface area contributed by atoms with Crippen LogP contribution in [0, 0.1) is 0 Å². The minimum atomic E-state index is 1.17. The fraction of sp³-hybridized carbons (Fsp3) is 0. The van der Waals surface area contributed by atoms with E-state index in [0.29, 0.717) is 0 Å². The highest BCUT2D eigenvalue weighted by molar-refractivity contribution is 6.29. The molecule has 0 unspecified atom stereocenters. The Morgan fingerprint density at radius 3 is 1.29 bits per heavy atom. The molecule has 0 saturated heterocycles. The lowest BCUT2D eigenvalue weighted by molar-refractivity contribution is 1.18. The van der Waals surface area contributed by atoms with E-state index in [2.05, 4.69) is 179 Å². The van der Waals surface area contributed by atoms with Crippen molar-refractivity contribution in [2.75, 3.05) is 0 Å². The van der Waals surface area contributed by atoms with E-state index in [1.807, 2.05) is 0 Å². The van der Waals surface area contributed by atoms with Crippen LogP contribution in [0.1, 0.15) is 0 Å². The van der Waals surface area contributed by atoms with E-state index in [4.69, 9.17) is 0 Å². The topological polar surface area (TPSA) is 9.86 Å². The molecule has 0 amide bonds. The lowest BCUT2D eigenvalue weighted by atomic mass is 10.0. The van der Waals surface area contributed by atoms with Crippen LogP contribution in [0.5, 0.6) is 0 Å². The Hall–Kier alpha value is -6.38. The van der Waals surface area contributed by atoms with Gasteiger partial charge >= 0.3 is 0 Å². The molecule has 0 aliphatic carbocycles. The van der Waals surface area contributed by atoms with E-state index in [-0.39, 0.29) is 0 Å². The average Bonchev–Trinajstić information content (AvgIpc) is 3.67. The van der Waals surface area contributed by atoms with E-state index < -0.39 is 0 Å². The Kier molecular flexibility index (Phi) is 5.14. The van der Waals surface area contributed by atoms with Crippen molar-refractivity contribution < 1.29 is 0 Å². The highest BCUT2D eigenvalue weighted by atomic mass is 15.0. The minimum Gasteiger partial charge on any atom is -0.309 e. The second-order valence-electron chi connectivity index (χ2n) is 12.9. The lowest BCUT2D eigenvalue weighted by Gasteiger charge is -2.12. The van der Waals surface area contributed by atoms with Crippen LogP contribution >= 0.6 is 0 Å². The number of hydrogen-bond acceptors (Lipinski definition) is 0. The van der Waals surface area contributed by atoms with E-state index in [0.717, 1.165) is 0 Å². The molecule has 0 aliphatic heterocycles. The SMILES string of the molecule is c1ccc2c(c1)ccc1cc(-n3c4ccccc4c4c5c6ccccc6n(-c6ccc7ccc8ccccc8c7c6)c5ccc43)ccc12. The van der Waals surface area contributed by atoms with Crippen molar-refractivity contribution in [3.05, 3.63) is 170 Å². The summed E-state index contributed by atoms with van der Waals surface area (Å²) in [6.07, 6.45) is 0. The number of rotatable bonds is 2. The lowest BCUT2D eigenvalue weighted by Crippen LogP contribution is -1.95. The van der Waals surface area contributed by atoms with Gasteiger partial charge in [0.1, 0.15) is 0 Å². The van der Waals surface area contributed by atoms with Crippen LogP contribution in [0.15, 0.2) is 170 Å². The molecule has 0 spiro atoms. The second kappa shape index (κ2) is 9.57. The zero-order valence-corrected chi connectivity index (χ0v) is 26.1. The summed E-state index contributed by atoms with van der Waals surface area (Å²) in [4.78, 5) is 0. The first-order valence-corrected chi connectivity index (χ1v) is 16.6. The average molecular weight is 609 g/mol. The Bertz CT molecular complexity index is 3120. The molecule has 2 heterocycles. The van der Waals surface area contributed by atoms with Crippen LogP contribution < -0.4 is 0 Å². The molecule has 0 radical (unpaired) electrons. The summed E-state index contributed by atoms with van der Waals surface area (Å²) in [6.45, 7) is 0. The van der Waals surface area contributed by atoms with Crippen molar-refractivity contribution in [3.8, 4) is 11.4 Å². The predicted octanol–water partition coefficient (Wildman–Crippen LogP) is 12.5. The largest absolute Gasteiger partial charge is 0.309 e. The summed E-state index contributed by atoms with van der Waals surface area (Å²) in [5.41, 5.74) is 7.22. The third-order valence-electron chi connectivity index (χ3n) is 10.4. The first-order chi connectivity index (χ1) is 23.8. The van der Waals surface area contributed by atoms with Crippen LogP contribution in [0.25, 0.3) is 98.1 Å². The minimum absolute atomic E-state index is 1.17. The Morgan fingerprint density at radius 2 is 0.667 bits per heavy atom. The fourth-order valence-corrected chi connectivity index (χ4v) is 8.34. The molecular formula is C46H28N2. The van der Waals surface area contributed by atoms with Crippen molar-refractivity contribution in [1.82, 2.24) is 9.13 Å². The van der Waals surface area contributed by atoms with Crippen LogP contribution in [-0.2, 0) is 0 Å². The number of para-hydroxylation sites is 2. The predicted molar refractivity (Wildman–Crippen MR) is 205 cm³/mol. The monoisotopic (exact) mass is 608 g/mol. The third kappa shape index (κ3) is 3.46. The van der Waals surface area contributed by atoms with Gasteiger partial charge in [-0.15, -0.1) is 0 Å². The number of fused-ring (bicyclic) bond motifs is 13. The van der Waals surface area contributed by atoms with Crippen LogP contribution in [0.3, 0.4) is 0 Å². The van der Waals surface area contributed by atoms with Gasteiger partial charge in [-0.2, -0.15) is 0 Å². The normalized spacial score (nSPS) is 12.2. The molecular weight excluding hydrogens is 581 g/mol. The Balaban J connectivity index is 1.23. The van der Waals surface area contributed by atoms with Crippen molar-refractivity contribution in [3.63, 3.8) is 0 Å². The summed E-state index contributed by atoms with van der Waals surface area (Å²) in [7, 11) is 0. The molecule has 0 N–H and O–H groups in total. The molecule has 11 aromatic rings. The molecule has 2 heteroatoms. The van der Waals surface area contributed by atoms with Crippen LogP contribution in [0.4, 0.5) is 0 Å². The van der Waals surface area contributed by atoms with Gasteiger partial charge in [0, 0.05) is 32.9 Å². The van der Waals surface area contributed by atoms with Crippen molar-refractivity contribution in [2.24, 2.45) is 0 Å². The maximum Gasteiger partial charge on any atom is 0.0548 e. The van der Waals surface area contributed by atoms with Crippen molar-refractivity contribution in [2.45, 2.75) is 0 Å². The molecule has 11 rings (SSSR count). The quantitative estimate of drug-likeness (QED) is 0.173. The zero-order valence-electron chi connectivity index (χ0n) is 26.1. The highest BCUT2D eigenvalue weighted by Gasteiger charge is 2.20. The number of aromatic nitrogens is 2. The van der Waals surface area contributed by atoms with E-state index in [1.54, 1.807) is 0 Å². The van der Waals surface area contributed by atoms with Gasteiger partial charge in [-0.05, 0) is 91.6 Å². The van der Waals surface area contributed by atoms with Crippen LogP contribution in [0.2, 0.25) is 0 Å². The third-order valence-corrected chi connectivity index (χ3v) is 10.4. The smallest absolute Gasteiger partial charge is 0.0548 e. The molecule has 222 valence electrons. The summed E-state index contributed by atoms with van der Waals surface area (Å²) in [6, 6.07) is 62.6. The van der Waals surface area contributed by atoms with Crippen molar-refractivity contribution >= 4 is 86.7 Å². The van der Waals surface area contributed by atoms with Gasteiger partial charge in [0.15, 0.2) is 0 Å². The van der Waals surface area contributed by atoms with Gasteiger partial charge in [0.2, 0.25) is 0 Å². The first kappa shape index (κ1) is 25.8. The standard InChI is InChI=1S/C46H28N2/c1-3-11-35-29(9-1)19-20-32-27-33(23-24-37(32)35)47-41-15-7-5-13-38(41)45-43(47)25-26-44-46(45)39-14-6-8-16-42(39)48(44)34-22-21-31-18-17-30-10-2-4-12-36(30)40(31)28-34/h1-28H. The molecule has 2 nitrogen and oxygen atoms in total. The van der Waals surface area contributed by atoms with Crippen LogP contribution in [-0.4, -0.2) is 9.13 Å². The summed E-state index contributed by atoms with van der Waals surface area (Å²) in [5, 5.41) is 15.3. The van der Waals surface area contributed by atoms with Gasteiger partial charge in [-0.1, -0.05) is 121 Å². The Morgan fingerprint density at radius 1 is 0.250 bits per heavy atom. The van der Waals surface area contributed by atoms with Gasteiger partial charge in [0.05, 0.1) is 22.1 Å². The van der Waals surface area contributed by atoms with Gasteiger partial charge < -0.3 is 9.13 Å². The van der Waals surface area contributed by atoms with Gasteiger partial charge in [-0.3, -0.25) is 0 Å². The summed E-state index contributed by atoms with van der Waals surface area (Å²) < 4.78 is 4.91. The number of nitrogens with zero attached hydrogens (tertiary/aromatic N) is 2. The summed E-state index contributed by atoms with van der Waals surface area (Å²) in [5.74, 6) is 0. The summed E-state index contributed by atoms with van der Waals surface area (Å²) >= 11 is 0.